The predicted molar refractivity (Wildman–Crippen MR) is 159 cm³/mol. The van der Waals surface area contributed by atoms with Crippen LogP contribution in [-0.2, 0) is 20.8 Å². The third-order valence-electron chi connectivity index (χ3n) is 6.73. The monoisotopic (exact) mass is 582 g/mol. The number of carbonyl (C=O) groups excluding carboxylic acids is 2. The van der Waals surface area contributed by atoms with Gasteiger partial charge in [-0.3, -0.25) is 9.69 Å². The van der Waals surface area contributed by atoms with Gasteiger partial charge in [-0.2, -0.15) is 0 Å². The van der Waals surface area contributed by atoms with Crippen molar-refractivity contribution < 1.29 is 28.5 Å². The number of carbonyl (C=O) groups is 2. The van der Waals surface area contributed by atoms with Crippen LogP contribution >= 0.6 is 0 Å². The average molecular weight is 583 g/mol. The van der Waals surface area contributed by atoms with Gasteiger partial charge in [0.2, 0.25) is 0 Å². The minimum Gasteiger partial charge on any atom is -0.493 e. The molecule has 0 saturated carbocycles. The smallest absolute Gasteiger partial charge is 0.410 e. The number of hydrogen-bond acceptors (Lipinski definition) is 10. The van der Waals surface area contributed by atoms with E-state index in [1.165, 1.54) is 6.33 Å². The van der Waals surface area contributed by atoms with E-state index in [1.807, 2.05) is 45.2 Å². The molecule has 1 amide bonds. The number of H-pyrrole nitrogens is 1. The molecule has 12 heteroatoms. The van der Waals surface area contributed by atoms with Crippen molar-refractivity contribution >= 4 is 34.6 Å². The Hall–Kier alpha value is -4.06. The second kappa shape index (κ2) is 13.7. The number of amides is 1. The molecule has 0 radical (unpaired) electrons. The highest BCUT2D eigenvalue weighted by molar-refractivity contribution is 5.92. The van der Waals surface area contributed by atoms with E-state index in [0.29, 0.717) is 55.8 Å². The second-order valence-electron chi connectivity index (χ2n) is 11.4. The molecule has 1 aromatic carbocycles. The van der Waals surface area contributed by atoms with Crippen LogP contribution in [0.2, 0.25) is 0 Å². The van der Waals surface area contributed by atoms with Crippen molar-refractivity contribution in [3.05, 3.63) is 36.3 Å². The molecule has 0 spiro atoms. The summed E-state index contributed by atoms with van der Waals surface area (Å²) in [6.07, 6.45) is 4.02. The summed E-state index contributed by atoms with van der Waals surface area (Å²) in [4.78, 5) is 40.1. The van der Waals surface area contributed by atoms with Crippen molar-refractivity contribution in [3.8, 4) is 11.5 Å². The largest absolute Gasteiger partial charge is 0.493 e. The fourth-order valence-electron chi connectivity index (χ4n) is 4.85. The van der Waals surface area contributed by atoms with E-state index in [9.17, 15) is 9.59 Å². The summed E-state index contributed by atoms with van der Waals surface area (Å²) in [7, 11) is 3.37. The zero-order chi connectivity index (χ0) is 30.3. The van der Waals surface area contributed by atoms with E-state index in [-0.39, 0.29) is 12.1 Å². The van der Waals surface area contributed by atoms with Crippen molar-refractivity contribution in [3.63, 3.8) is 0 Å². The van der Waals surface area contributed by atoms with Crippen LogP contribution in [0.4, 0.5) is 16.3 Å². The van der Waals surface area contributed by atoms with Crippen molar-refractivity contribution in [1.82, 2.24) is 24.8 Å². The van der Waals surface area contributed by atoms with Crippen LogP contribution in [0.3, 0.4) is 0 Å². The van der Waals surface area contributed by atoms with Gasteiger partial charge >= 0.3 is 12.1 Å². The standard InChI is InChI=1S/C30H42N6O6/c1-7-40-25(37)9-8-12-41-24-13-22(10-11-23(24)39-6)34-28-26-21(14-31-27(26)32-19-33-28)18-36-16-20(17-36)15-35(5)29(38)42-30(2,3)4/h10-11,13-14,19-20H,7-9,12,15-18H2,1-6H3,(H2,31,32,33,34). The van der Waals surface area contributed by atoms with Crippen LogP contribution in [0.5, 0.6) is 11.5 Å². The number of esters is 1. The third kappa shape index (κ3) is 8.25. The summed E-state index contributed by atoms with van der Waals surface area (Å²) in [6.45, 7) is 11.3. The van der Waals surface area contributed by atoms with Crippen molar-refractivity contribution in [2.45, 2.75) is 52.7 Å². The van der Waals surface area contributed by atoms with E-state index in [1.54, 1.807) is 26.0 Å². The van der Waals surface area contributed by atoms with Gasteiger partial charge in [0.15, 0.2) is 11.5 Å². The van der Waals surface area contributed by atoms with Crippen LogP contribution in [0, 0.1) is 5.92 Å². The lowest BCUT2D eigenvalue weighted by atomic mass is 9.99. The maximum Gasteiger partial charge on any atom is 0.410 e. The maximum atomic E-state index is 12.3. The Morgan fingerprint density at radius 2 is 1.98 bits per heavy atom. The van der Waals surface area contributed by atoms with Gasteiger partial charge in [-0.15, -0.1) is 0 Å². The molecule has 2 aromatic heterocycles. The second-order valence-corrected chi connectivity index (χ2v) is 11.4. The summed E-state index contributed by atoms with van der Waals surface area (Å²) >= 11 is 0. The average Bonchev–Trinajstić information content (AvgIpc) is 3.33. The van der Waals surface area contributed by atoms with Crippen LogP contribution in [0.15, 0.2) is 30.7 Å². The molecular formula is C30H42N6O6. The number of aromatic nitrogens is 3. The van der Waals surface area contributed by atoms with E-state index in [0.717, 1.165) is 41.9 Å². The van der Waals surface area contributed by atoms with Crippen LogP contribution in [0.25, 0.3) is 11.0 Å². The van der Waals surface area contributed by atoms with Gasteiger partial charge in [-0.25, -0.2) is 14.8 Å². The van der Waals surface area contributed by atoms with Crippen molar-refractivity contribution in [2.24, 2.45) is 5.92 Å². The number of fused-ring (bicyclic) bond motifs is 1. The molecule has 228 valence electrons. The van der Waals surface area contributed by atoms with Gasteiger partial charge in [-0.1, -0.05) is 0 Å². The Bertz CT molecular complexity index is 1360. The van der Waals surface area contributed by atoms with E-state index < -0.39 is 5.60 Å². The van der Waals surface area contributed by atoms with Gasteiger partial charge in [0.05, 0.1) is 25.7 Å². The highest BCUT2D eigenvalue weighted by Crippen LogP contribution is 2.34. The summed E-state index contributed by atoms with van der Waals surface area (Å²) in [5.41, 5.74) is 2.09. The molecule has 42 heavy (non-hydrogen) atoms. The van der Waals surface area contributed by atoms with Gasteiger partial charge in [0.25, 0.3) is 0 Å². The molecule has 1 fully saturated rings. The van der Waals surface area contributed by atoms with Crippen molar-refractivity contribution in [1.29, 1.82) is 0 Å². The summed E-state index contributed by atoms with van der Waals surface area (Å²) in [5, 5.41) is 4.32. The SMILES string of the molecule is CCOC(=O)CCCOc1cc(Nc2ncnc3[nH]cc(CN4CC(CN(C)C(=O)OC(C)(C)C)C4)c23)ccc1OC. The number of ether oxygens (including phenoxy) is 4. The van der Waals surface area contributed by atoms with Crippen LogP contribution in [0.1, 0.15) is 46.1 Å². The Morgan fingerprint density at radius 3 is 2.69 bits per heavy atom. The zero-order valence-electron chi connectivity index (χ0n) is 25.4. The highest BCUT2D eigenvalue weighted by atomic mass is 16.6. The first-order valence-electron chi connectivity index (χ1n) is 14.3. The lowest BCUT2D eigenvalue weighted by molar-refractivity contribution is -0.143. The minimum atomic E-state index is -0.508. The number of anilines is 2. The number of aromatic amines is 1. The minimum absolute atomic E-state index is 0.236. The number of nitrogens with one attached hydrogen (secondary N) is 2. The number of hydrogen-bond donors (Lipinski definition) is 2. The molecule has 1 aliphatic heterocycles. The van der Waals surface area contributed by atoms with Crippen LogP contribution in [-0.4, -0.2) is 89.4 Å². The Labute approximate surface area is 246 Å². The molecule has 1 aliphatic rings. The van der Waals surface area contributed by atoms with Crippen molar-refractivity contribution in [2.75, 3.05) is 52.3 Å². The molecule has 0 aliphatic carbocycles. The maximum absolute atomic E-state index is 12.3. The fourth-order valence-corrected chi connectivity index (χ4v) is 4.85. The summed E-state index contributed by atoms with van der Waals surface area (Å²) in [5.74, 6) is 1.99. The molecule has 0 bridgehead atoms. The first-order valence-corrected chi connectivity index (χ1v) is 14.3. The number of likely N-dealkylation sites (tertiary alicyclic amines) is 1. The predicted octanol–water partition coefficient (Wildman–Crippen LogP) is 4.73. The lowest BCUT2D eigenvalue weighted by Gasteiger charge is -2.41. The van der Waals surface area contributed by atoms with Gasteiger partial charge in [0.1, 0.15) is 23.4 Å². The zero-order valence-corrected chi connectivity index (χ0v) is 25.4. The molecule has 4 rings (SSSR count). The van der Waals surface area contributed by atoms with E-state index in [4.69, 9.17) is 18.9 Å². The molecule has 0 atom stereocenters. The number of benzene rings is 1. The van der Waals surface area contributed by atoms with Crippen LogP contribution < -0.4 is 14.8 Å². The van der Waals surface area contributed by atoms with Gasteiger partial charge in [-0.05, 0) is 51.8 Å². The Balaban J connectivity index is 1.38. The summed E-state index contributed by atoms with van der Waals surface area (Å²) in [6, 6.07) is 5.57. The highest BCUT2D eigenvalue weighted by Gasteiger charge is 2.31. The quantitative estimate of drug-likeness (QED) is 0.215. The normalized spacial score (nSPS) is 13.9. The Kier molecular flexibility index (Phi) is 10.1. The lowest BCUT2D eigenvalue weighted by Crippen LogP contribution is -2.51. The van der Waals surface area contributed by atoms with E-state index in [2.05, 4.69) is 25.2 Å². The van der Waals surface area contributed by atoms with E-state index >= 15 is 0 Å². The molecule has 0 unspecified atom stereocenters. The third-order valence-corrected chi connectivity index (χ3v) is 6.73. The Morgan fingerprint density at radius 1 is 1.19 bits per heavy atom. The number of nitrogens with zero attached hydrogens (tertiary/aromatic N) is 4. The van der Waals surface area contributed by atoms with Gasteiger partial charge in [0, 0.05) is 63.5 Å². The molecule has 1 saturated heterocycles. The fraction of sp³-hybridized carbons (Fsp3) is 0.533. The molecule has 12 nitrogen and oxygen atoms in total. The topological polar surface area (TPSA) is 131 Å². The first-order chi connectivity index (χ1) is 20.1. The summed E-state index contributed by atoms with van der Waals surface area (Å²) < 4.78 is 21.8. The first kappa shape index (κ1) is 30.9. The molecule has 2 N–H and O–H groups in total. The number of methoxy groups -OCH3 is 1. The molecule has 3 heterocycles. The molecular weight excluding hydrogens is 540 g/mol. The number of rotatable bonds is 13. The molecule has 3 aromatic rings. The van der Waals surface area contributed by atoms with Gasteiger partial charge < -0.3 is 34.1 Å².